The van der Waals surface area contributed by atoms with Crippen LogP contribution in [0.1, 0.15) is 10.4 Å². The summed E-state index contributed by atoms with van der Waals surface area (Å²) in [4.78, 5) is 48.7. The van der Waals surface area contributed by atoms with Gasteiger partial charge in [0.25, 0.3) is 0 Å². The quantitative estimate of drug-likeness (QED) is 0.408. The molecule has 0 atom stereocenters. The molecular weight excluding hydrogens is 440 g/mol. The van der Waals surface area contributed by atoms with E-state index in [1.807, 2.05) is 18.2 Å². The van der Waals surface area contributed by atoms with E-state index in [9.17, 15) is 9.70 Å². The molecule has 3 aromatic rings. The number of carbonyl (C=O) groups excluding carboxylic acids is 1. The van der Waals surface area contributed by atoms with Crippen molar-refractivity contribution >= 4 is 23.4 Å². The van der Waals surface area contributed by atoms with Crippen LogP contribution in [-0.4, -0.2) is 76.2 Å². The lowest BCUT2D eigenvalue weighted by Gasteiger charge is -2.42. The van der Waals surface area contributed by atoms with Gasteiger partial charge in [0, 0.05) is 56.4 Å². The first-order chi connectivity index (χ1) is 16.7. The lowest BCUT2D eigenvalue weighted by Crippen LogP contribution is -2.56. The van der Waals surface area contributed by atoms with Gasteiger partial charge in [-0.25, -0.2) is 19.7 Å². The number of piperazine rings is 1. The van der Waals surface area contributed by atoms with E-state index in [2.05, 4.69) is 40.2 Å². The standard InChI is InChI=1S/C22H22N8O4/c31-22(34-28-32)15-3-5-24-18(10-15)25-19-11-20(27-21(26-19)16-2-1-4-23-12-16)30-8-6-29(7-9-30)17-13-33-14-17/h1-5,10-12,17H,6-9,13-14H2,(H,24,25,26,27). The second kappa shape index (κ2) is 9.85. The molecule has 0 spiro atoms. The second-order valence-electron chi connectivity index (χ2n) is 7.90. The van der Waals surface area contributed by atoms with Crippen molar-refractivity contribution in [2.45, 2.75) is 6.04 Å². The number of pyridine rings is 2. The zero-order chi connectivity index (χ0) is 23.3. The lowest BCUT2D eigenvalue weighted by atomic mass is 10.2. The minimum Gasteiger partial charge on any atom is -0.378 e. The van der Waals surface area contributed by atoms with Crippen molar-refractivity contribution in [3.05, 3.63) is 59.4 Å². The molecule has 174 valence electrons. The van der Waals surface area contributed by atoms with E-state index in [1.165, 1.54) is 18.3 Å². The zero-order valence-corrected chi connectivity index (χ0v) is 18.2. The maximum absolute atomic E-state index is 11.8. The number of ether oxygens (including phenoxy) is 1. The van der Waals surface area contributed by atoms with Gasteiger partial charge in [0.05, 0.1) is 24.8 Å². The molecular formula is C22H22N8O4. The average molecular weight is 462 g/mol. The number of hydrogen-bond acceptors (Lipinski definition) is 12. The van der Waals surface area contributed by atoms with Crippen molar-refractivity contribution < 1.29 is 14.4 Å². The number of nitrogens with one attached hydrogen (secondary N) is 1. The van der Waals surface area contributed by atoms with Crippen molar-refractivity contribution in [3.8, 4) is 11.4 Å². The van der Waals surface area contributed by atoms with E-state index in [4.69, 9.17) is 9.72 Å². The molecule has 2 fully saturated rings. The summed E-state index contributed by atoms with van der Waals surface area (Å²) < 4.78 is 5.33. The SMILES string of the molecule is O=NOC(=O)c1ccnc(Nc2cc(N3CCN(C4COC4)CC3)nc(-c3cccnc3)n2)c1. The van der Waals surface area contributed by atoms with E-state index in [0.29, 0.717) is 23.5 Å². The molecule has 2 saturated heterocycles. The van der Waals surface area contributed by atoms with E-state index in [-0.39, 0.29) is 5.56 Å². The Morgan fingerprint density at radius 1 is 1.09 bits per heavy atom. The fraction of sp³-hybridized carbons (Fsp3) is 0.318. The molecule has 34 heavy (non-hydrogen) atoms. The predicted octanol–water partition coefficient (Wildman–Crippen LogP) is 2.04. The Morgan fingerprint density at radius 3 is 2.65 bits per heavy atom. The molecule has 0 saturated carbocycles. The molecule has 2 aliphatic heterocycles. The van der Waals surface area contributed by atoms with E-state index in [0.717, 1.165) is 50.8 Å². The van der Waals surface area contributed by atoms with Crippen LogP contribution in [0.2, 0.25) is 0 Å². The Hall–Kier alpha value is -4.03. The molecule has 3 aromatic heterocycles. The summed E-state index contributed by atoms with van der Waals surface area (Å²) in [6, 6.07) is 8.97. The van der Waals surface area contributed by atoms with E-state index < -0.39 is 5.97 Å². The lowest BCUT2D eigenvalue weighted by molar-refractivity contribution is -0.0660. The van der Waals surface area contributed by atoms with Crippen LogP contribution in [0, 0.1) is 4.91 Å². The second-order valence-corrected chi connectivity index (χ2v) is 7.90. The number of hydrogen-bond donors (Lipinski definition) is 1. The van der Waals surface area contributed by atoms with Gasteiger partial charge in [-0.15, -0.1) is 4.91 Å². The van der Waals surface area contributed by atoms with Gasteiger partial charge >= 0.3 is 5.97 Å². The minimum absolute atomic E-state index is 0.134. The van der Waals surface area contributed by atoms with Crippen LogP contribution in [-0.2, 0) is 9.57 Å². The van der Waals surface area contributed by atoms with Crippen LogP contribution in [0.15, 0.2) is 54.3 Å². The highest BCUT2D eigenvalue weighted by Gasteiger charge is 2.29. The van der Waals surface area contributed by atoms with Crippen LogP contribution >= 0.6 is 0 Å². The number of nitrogens with zero attached hydrogens (tertiary/aromatic N) is 7. The Labute approximate surface area is 194 Å². The van der Waals surface area contributed by atoms with Gasteiger partial charge in [-0.2, -0.15) is 0 Å². The van der Waals surface area contributed by atoms with Crippen LogP contribution in [0.25, 0.3) is 11.4 Å². The fourth-order valence-electron chi connectivity index (χ4n) is 3.88. The van der Waals surface area contributed by atoms with Crippen LogP contribution in [0.3, 0.4) is 0 Å². The maximum atomic E-state index is 11.8. The summed E-state index contributed by atoms with van der Waals surface area (Å²) in [5, 5.41) is 5.30. The predicted molar refractivity (Wildman–Crippen MR) is 122 cm³/mol. The Kier molecular flexibility index (Phi) is 6.31. The number of rotatable bonds is 7. The van der Waals surface area contributed by atoms with Crippen molar-refractivity contribution in [1.82, 2.24) is 24.8 Å². The van der Waals surface area contributed by atoms with Crippen molar-refractivity contribution in [2.24, 2.45) is 5.34 Å². The zero-order valence-electron chi connectivity index (χ0n) is 18.2. The smallest absolute Gasteiger partial charge is 0.369 e. The molecule has 0 aliphatic carbocycles. The molecule has 12 nitrogen and oxygen atoms in total. The molecule has 12 heteroatoms. The molecule has 0 unspecified atom stereocenters. The third-order valence-electron chi connectivity index (χ3n) is 5.78. The minimum atomic E-state index is -0.866. The van der Waals surface area contributed by atoms with Gasteiger partial charge in [0.2, 0.25) is 0 Å². The third-order valence-corrected chi connectivity index (χ3v) is 5.78. The normalized spacial score (nSPS) is 16.5. The molecule has 0 radical (unpaired) electrons. The first-order valence-corrected chi connectivity index (χ1v) is 10.8. The molecule has 5 rings (SSSR count). The molecule has 0 bridgehead atoms. The van der Waals surface area contributed by atoms with Gasteiger partial charge < -0.3 is 15.0 Å². The molecule has 5 heterocycles. The van der Waals surface area contributed by atoms with Crippen molar-refractivity contribution in [3.63, 3.8) is 0 Å². The van der Waals surface area contributed by atoms with Gasteiger partial charge in [0.15, 0.2) is 11.2 Å². The monoisotopic (exact) mass is 462 g/mol. The molecule has 2 aliphatic rings. The largest absolute Gasteiger partial charge is 0.378 e. The highest BCUT2D eigenvalue weighted by molar-refractivity contribution is 5.90. The van der Waals surface area contributed by atoms with E-state index in [1.54, 1.807) is 12.4 Å². The first kappa shape index (κ1) is 21.8. The highest BCUT2D eigenvalue weighted by atomic mass is 16.7. The summed E-state index contributed by atoms with van der Waals surface area (Å²) in [5.41, 5.74) is 0.912. The summed E-state index contributed by atoms with van der Waals surface area (Å²) in [6.07, 6.45) is 4.83. The maximum Gasteiger partial charge on any atom is 0.369 e. The van der Waals surface area contributed by atoms with Gasteiger partial charge in [-0.1, -0.05) is 0 Å². The van der Waals surface area contributed by atoms with Gasteiger partial charge in [0.1, 0.15) is 17.5 Å². The van der Waals surface area contributed by atoms with E-state index >= 15 is 0 Å². The van der Waals surface area contributed by atoms with Crippen LogP contribution < -0.4 is 10.2 Å². The fourth-order valence-corrected chi connectivity index (χ4v) is 3.88. The molecule has 0 aromatic carbocycles. The topological polar surface area (TPSA) is 135 Å². The Bertz CT molecular complexity index is 1170. The number of anilines is 3. The Morgan fingerprint density at radius 2 is 1.94 bits per heavy atom. The molecule has 0 amide bonds. The van der Waals surface area contributed by atoms with Crippen molar-refractivity contribution in [1.29, 1.82) is 0 Å². The first-order valence-electron chi connectivity index (χ1n) is 10.8. The van der Waals surface area contributed by atoms with Crippen molar-refractivity contribution in [2.75, 3.05) is 49.6 Å². The summed E-state index contributed by atoms with van der Waals surface area (Å²) in [6.45, 7) is 5.12. The molecule has 1 N–H and O–H groups in total. The van der Waals surface area contributed by atoms with Gasteiger partial charge in [-0.3, -0.25) is 14.7 Å². The number of aromatic nitrogens is 4. The summed E-state index contributed by atoms with van der Waals surface area (Å²) in [5.74, 6) is 1.29. The van der Waals surface area contributed by atoms with Gasteiger partial charge in [-0.05, 0) is 24.3 Å². The van der Waals surface area contributed by atoms with Crippen LogP contribution in [0.5, 0.6) is 0 Å². The average Bonchev–Trinajstić information content (AvgIpc) is 2.84. The summed E-state index contributed by atoms with van der Waals surface area (Å²) in [7, 11) is 0. The Balaban J connectivity index is 1.41. The third kappa shape index (κ3) is 4.82. The van der Waals surface area contributed by atoms with Crippen LogP contribution in [0.4, 0.5) is 17.5 Å². The highest BCUT2D eigenvalue weighted by Crippen LogP contribution is 2.25. The summed E-state index contributed by atoms with van der Waals surface area (Å²) >= 11 is 0. The number of carbonyl (C=O) groups is 1.